The first-order valence-corrected chi connectivity index (χ1v) is 11.5. The third-order valence-electron chi connectivity index (χ3n) is 6.32. The summed E-state index contributed by atoms with van der Waals surface area (Å²) in [6.07, 6.45) is 3.04. The molecule has 1 saturated carbocycles. The lowest BCUT2D eigenvalue weighted by molar-refractivity contribution is -0.122. The van der Waals surface area contributed by atoms with E-state index in [9.17, 15) is 4.79 Å². The molecule has 31 heavy (non-hydrogen) atoms. The molecule has 1 aliphatic carbocycles. The van der Waals surface area contributed by atoms with Gasteiger partial charge in [0, 0.05) is 43.3 Å². The molecule has 0 bridgehead atoms. The molecule has 1 N–H and O–H groups in total. The van der Waals surface area contributed by atoms with Gasteiger partial charge in [0.05, 0.1) is 0 Å². The van der Waals surface area contributed by atoms with Crippen LogP contribution < -0.4 is 10.1 Å². The molecule has 2 unspecified atom stereocenters. The summed E-state index contributed by atoms with van der Waals surface area (Å²) in [7, 11) is 2.15. The lowest BCUT2D eigenvalue weighted by Gasteiger charge is -2.31. The van der Waals surface area contributed by atoms with Gasteiger partial charge >= 0.3 is 0 Å². The Kier molecular flexibility index (Phi) is 7.49. The van der Waals surface area contributed by atoms with E-state index in [2.05, 4.69) is 17.3 Å². The van der Waals surface area contributed by atoms with E-state index in [-0.39, 0.29) is 17.7 Å². The highest BCUT2D eigenvalue weighted by Gasteiger charge is 2.44. The van der Waals surface area contributed by atoms with Gasteiger partial charge in [0.2, 0.25) is 5.91 Å². The maximum atomic E-state index is 12.6. The number of carbonyl (C=O) groups is 1. The van der Waals surface area contributed by atoms with Gasteiger partial charge in [-0.1, -0.05) is 41.9 Å². The number of hydrogen-bond acceptors (Lipinski definition) is 4. The van der Waals surface area contributed by atoms with Gasteiger partial charge in [-0.25, -0.2) is 0 Å². The van der Waals surface area contributed by atoms with E-state index >= 15 is 0 Å². The first-order valence-electron chi connectivity index (χ1n) is 11.1. The first-order chi connectivity index (χ1) is 15.1. The zero-order valence-electron chi connectivity index (χ0n) is 18.1. The second-order valence-corrected chi connectivity index (χ2v) is 8.92. The van der Waals surface area contributed by atoms with Crippen molar-refractivity contribution in [1.82, 2.24) is 10.2 Å². The van der Waals surface area contributed by atoms with Crippen LogP contribution in [-0.2, 0) is 16.1 Å². The predicted molar refractivity (Wildman–Crippen MR) is 123 cm³/mol. The molecule has 2 fully saturated rings. The van der Waals surface area contributed by atoms with E-state index in [1.807, 2.05) is 48.5 Å². The Morgan fingerprint density at radius 2 is 2.00 bits per heavy atom. The summed E-state index contributed by atoms with van der Waals surface area (Å²) in [6.45, 7) is 3.74. The van der Waals surface area contributed by atoms with Crippen LogP contribution >= 0.6 is 11.6 Å². The highest BCUT2D eigenvalue weighted by Crippen LogP contribution is 2.49. The van der Waals surface area contributed by atoms with Crippen molar-refractivity contribution in [2.75, 3.05) is 33.4 Å². The summed E-state index contributed by atoms with van der Waals surface area (Å²) in [6, 6.07) is 16.3. The Hall–Kier alpha value is -2.08. The summed E-state index contributed by atoms with van der Waals surface area (Å²) in [5, 5.41) is 3.81. The van der Waals surface area contributed by atoms with Crippen molar-refractivity contribution in [3.05, 3.63) is 64.7 Å². The van der Waals surface area contributed by atoms with Crippen molar-refractivity contribution in [2.24, 2.45) is 5.92 Å². The van der Waals surface area contributed by atoms with Crippen molar-refractivity contribution < 1.29 is 14.3 Å². The van der Waals surface area contributed by atoms with E-state index in [1.54, 1.807) is 0 Å². The maximum Gasteiger partial charge on any atom is 0.224 e. The maximum absolute atomic E-state index is 12.6. The van der Waals surface area contributed by atoms with Gasteiger partial charge in [-0.3, -0.25) is 9.69 Å². The molecule has 2 aromatic rings. The Morgan fingerprint density at radius 1 is 1.19 bits per heavy atom. The van der Waals surface area contributed by atoms with Crippen LogP contribution in [0.2, 0.25) is 5.02 Å². The lowest BCUT2D eigenvalue weighted by Crippen LogP contribution is -2.38. The van der Waals surface area contributed by atoms with Gasteiger partial charge in [0.25, 0.3) is 0 Å². The van der Waals surface area contributed by atoms with Crippen molar-refractivity contribution in [3.8, 4) is 5.75 Å². The fraction of sp³-hybridized carbons (Fsp3) is 0.480. The average molecular weight is 443 g/mol. The smallest absolute Gasteiger partial charge is 0.224 e. The van der Waals surface area contributed by atoms with E-state index in [0.29, 0.717) is 19.2 Å². The monoisotopic (exact) mass is 442 g/mol. The number of benzene rings is 2. The molecule has 1 saturated heterocycles. The number of carbonyl (C=O) groups excluding carboxylic acids is 1. The van der Waals surface area contributed by atoms with Gasteiger partial charge in [0.1, 0.15) is 12.4 Å². The molecule has 166 valence electrons. The third kappa shape index (κ3) is 6.00. The van der Waals surface area contributed by atoms with E-state index < -0.39 is 0 Å². The van der Waals surface area contributed by atoms with Gasteiger partial charge in [-0.05, 0) is 61.6 Å². The van der Waals surface area contributed by atoms with Crippen LogP contribution in [0.25, 0.3) is 0 Å². The highest BCUT2D eigenvalue weighted by atomic mass is 35.5. The Balaban J connectivity index is 1.21. The number of hydrogen-bond donors (Lipinski definition) is 1. The number of amides is 1. The van der Waals surface area contributed by atoms with Crippen molar-refractivity contribution in [3.63, 3.8) is 0 Å². The minimum Gasteiger partial charge on any atom is -0.492 e. The van der Waals surface area contributed by atoms with Crippen molar-refractivity contribution in [2.45, 2.75) is 37.8 Å². The number of likely N-dealkylation sites (N-methyl/N-ethyl adjacent to an activating group) is 1. The predicted octanol–water partition coefficient (Wildman–Crippen LogP) is 4.25. The molecule has 0 spiro atoms. The fourth-order valence-corrected chi connectivity index (χ4v) is 4.56. The second-order valence-electron chi connectivity index (χ2n) is 8.51. The largest absolute Gasteiger partial charge is 0.492 e. The van der Waals surface area contributed by atoms with Crippen LogP contribution in [-0.4, -0.2) is 50.3 Å². The number of halogens is 1. The Bertz CT molecular complexity index is 885. The number of nitrogens with one attached hydrogen (secondary N) is 1. The molecular weight excluding hydrogens is 412 g/mol. The number of nitrogens with zero attached hydrogens (tertiary/aromatic N) is 1. The molecular formula is C25H31ClN2O3. The van der Waals surface area contributed by atoms with Crippen molar-refractivity contribution in [1.29, 1.82) is 0 Å². The molecule has 4 rings (SSSR count). The molecule has 1 heterocycles. The standard InChI is InChI=1S/C25H31ClN2O3/c1-28(19-9-12-30-13-10-19)11-14-31-20-6-4-5-18(15-20)17-27-25(29)23-16-22(23)21-7-2-3-8-24(21)26/h2-8,15,19,22-23H,9-14,16-17H2,1H3,(H,27,29). The molecule has 2 aliphatic rings. The van der Waals surface area contributed by atoms with E-state index in [4.69, 9.17) is 21.1 Å². The minimum atomic E-state index is 0.0139. The molecule has 0 aromatic heterocycles. The van der Waals surface area contributed by atoms with Crippen LogP contribution in [0.4, 0.5) is 0 Å². The topological polar surface area (TPSA) is 50.8 Å². The molecule has 6 heteroatoms. The summed E-state index contributed by atoms with van der Waals surface area (Å²) < 4.78 is 11.4. The molecule has 2 atom stereocenters. The molecule has 5 nitrogen and oxygen atoms in total. The Morgan fingerprint density at radius 3 is 2.81 bits per heavy atom. The summed E-state index contributed by atoms with van der Waals surface area (Å²) in [5.74, 6) is 1.18. The highest BCUT2D eigenvalue weighted by molar-refractivity contribution is 6.31. The van der Waals surface area contributed by atoms with Crippen molar-refractivity contribution >= 4 is 17.5 Å². The zero-order valence-corrected chi connectivity index (χ0v) is 18.8. The SMILES string of the molecule is CN(CCOc1cccc(CNC(=O)C2CC2c2ccccc2Cl)c1)C1CCOCC1. The summed E-state index contributed by atoms with van der Waals surface area (Å²) >= 11 is 6.27. The average Bonchev–Trinajstić information content (AvgIpc) is 3.59. The van der Waals surface area contributed by atoms with Gasteiger partial charge in [0.15, 0.2) is 0 Å². The van der Waals surface area contributed by atoms with Gasteiger partial charge in [-0.15, -0.1) is 0 Å². The quantitative estimate of drug-likeness (QED) is 0.630. The van der Waals surface area contributed by atoms with Crippen LogP contribution in [0.15, 0.2) is 48.5 Å². The first kappa shape index (κ1) is 22.1. The molecule has 1 aliphatic heterocycles. The molecule has 0 radical (unpaired) electrons. The molecule has 1 amide bonds. The summed E-state index contributed by atoms with van der Waals surface area (Å²) in [4.78, 5) is 14.9. The van der Waals surface area contributed by atoms with E-state index in [0.717, 1.165) is 60.9 Å². The van der Waals surface area contributed by atoms with Gasteiger partial charge in [-0.2, -0.15) is 0 Å². The summed E-state index contributed by atoms with van der Waals surface area (Å²) in [5.41, 5.74) is 2.11. The van der Waals surface area contributed by atoms with Crippen LogP contribution in [0.5, 0.6) is 5.75 Å². The second kappa shape index (κ2) is 10.5. The third-order valence-corrected chi connectivity index (χ3v) is 6.67. The minimum absolute atomic E-state index is 0.0139. The fourth-order valence-electron chi connectivity index (χ4n) is 4.29. The van der Waals surface area contributed by atoms with Crippen LogP contribution in [0.1, 0.15) is 36.3 Å². The zero-order chi connectivity index (χ0) is 21.6. The number of rotatable bonds is 9. The van der Waals surface area contributed by atoms with Crippen LogP contribution in [0, 0.1) is 5.92 Å². The lowest BCUT2D eigenvalue weighted by atomic mass is 10.1. The van der Waals surface area contributed by atoms with E-state index in [1.165, 1.54) is 0 Å². The number of ether oxygens (including phenoxy) is 2. The molecule has 2 aromatic carbocycles. The normalized spacial score (nSPS) is 21.1. The van der Waals surface area contributed by atoms with Crippen LogP contribution in [0.3, 0.4) is 0 Å². The Labute approximate surface area is 189 Å². The van der Waals surface area contributed by atoms with Gasteiger partial charge < -0.3 is 14.8 Å².